The summed E-state index contributed by atoms with van der Waals surface area (Å²) >= 11 is 0. The smallest absolute Gasteiger partial charge is 0.307 e. The molecule has 1 rings (SSSR count). The quantitative estimate of drug-likeness (QED) is 0.709. The van der Waals surface area contributed by atoms with Crippen molar-refractivity contribution in [1.29, 1.82) is 5.26 Å². The van der Waals surface area contributed by atoms with Gasteiger partial charge in [0.15, 0.2) is 0 Å². The third-order valence-electron chi connectivity index (χ3n) is 2.13. The molecule has 1 aromatic rings. The van der Waals surface area contributed by atoms with Gasteiger partial charge in [0.25, 0.3) is 0 Å². The van der Waals surface area contributed by atoms with Gasteiger partial charge in [0.2, 0.25) is 6.10 Å². The molecule has 0 heterocycles. The van der Waals surface area contributed by atoms with Crippen LogP contribution in [0.15, 0.2) is 24.3 Å². The molecule has 0 aliphatic rings. The average molecular weight is 203 g/mol. The highest BCUT2D eigenvalue weighted by molar-refractivity contribution is 5.69. The van der Waals surface area contributed by atoms with Crippen molar-refractivity contribution in [1.82, 2.24) is 0 Å². The van der Waals surface area contributed by atoms with Crippen LogP contribution in [0, 0.1) is 18.3 Å². The maximum atomic E-state index is 11.1. The van der Waals surface area contributed by atoms with Crippen LogP contribution < -0.4 is 0 Å². The molecule has 0 spiro atoms. The predicted octanol–water partition coefficient (Wildman–Crippen LogP) is 2.51. The fourth-order valence-electron chi connectivity index (χ4n) is 1.26. The van der Waals surface area contributed by atoms with Gasteiger partial charge < -0.3 is 4.74 Å². The molecule has 0 amide bonds. The van der Waals surface area contributed by atoms with Crippen molar-refractivity contribution in [3.05, 3.63) is 35.4 Å². The van der Waals surface area contributed by atoms with Crippen molar-refractivity contribution >= 4 is 5.97 Å². The Hall–Kier alpha value is -1.82. The van der Waals surface area contributed by atoms with Crippen LogP contribution in [0.2, 0.25) is 0 Å². The minimum absolute atomic E-state index is 0.282. The molecule has 1 atom stereocenters. The third-order valence-corrected chi connectivity index (χ3v) is 2.13. The zero-order chi connectivity index (χ0) is 11.3. The number of ether oxygens (including phenoxy) is 1. The Balaban J connectivity index is 2.89. The van der Waals surface area contributed by atoms with Crippen LogP contribution in [0.5, 0.6) is 0 Å². The second-order valence-electron chi connectivity index (χ2n) is 3.21. The fourth-order valence-corrected chi connectivity index (χ4v) is 1.26. The number of rotatable bonds is 3. The molecule has 0 unspecified atom stereocenters. The molecule has 0 aliphatic heterocycles. The molecule has 0 N–H and O–H groups in total. The van der Waals surface area contributed by atoms with E-state index in [2.05, 4.69) is 0 Å². The van der Waals surface area contributed by atoms with E-state index < -0.39 is 6.10 Å². The summed E-state index contributed by atoms with van der Waals surface area (Å²) in [6, 6.07) is 9.38. The van der Waals surface area contributed by atoms with Crippen molar-refractivity contribution in [3.8, 4) is 6.07 Å². The molecule has 1 aromatic carbocycles. The first-order valence-corrected chi connectivity index (χ1v) is 4.83. The summed E-state index contributed by atoms with van der Waals surface area (Å²) in [6.07, 6.45) is -0.511. The van der Waals surface area contributed by atoms with Gasteiger partial charge in [0.1, 0.15) is 6.07 Å². The second-order valence-corrected chi connectivity index (χ2v) is 3.21. The molecular weight excluding hydrogens is 190 g/mol. The Morgan fingerprint density at radius 1 is 1.53 bits per heavy atom. The van der Waals surface area contributed by atoms with Crippen molar-refractivity contribution in [3.63, 3.8) is 0 Å². The Morgan fingerprint density at radius 3 is 2.73 bits per heavy atom. The average Bonchev–Trinajstić information content (AvgIpc) is 2.26. The molecule has 3 heteroatoms. The van der Waals surface area contributed by atoms with Crippen LogP contribution in [0.3, 0.4) is 0 Å². The number of carbonyl (C=O) groups is 1. The number of hydrogen-bond acceptors (Lipinski definition) is 3. The van der Waals surface area contributed by atoms with E-state index >= 15 is 0 Å². The van der Waals surface area contributed by atoms with Crippen LogP contribution >= 0.6 is 0 Å². The van der Waals surface area contributed by atoms with Crippen molar-refractivity contribution in [2.75, 3.05) is 0 Å². The lowest BCUT2D eigenvalue weighted by Gasteiger charge is -2.12. The first-order chi connectivity index (χ1) is 7.19. The highest BCUT2D eigenvalue weighted by Gasteiger charge is 2.16. The molecule has 0 saturated heterocycles. The van der Waals surface area contributed by atoms with Crippen LogP contribution in [-0.2, 0) is 9.53 Å². The van der Waals surface area contributed by atoms with Crippen LogP contribution in [0.25, 0.3) is 0 Å². The maximum Gasteiger partial charge on any atom is 0.307 e. The van der Waals surface area contributed by atoms with E-state index in [-0.39, 0.29) is 12.4 Å². The Kier molecular flexibility index (Phi) is 3.87. The second kappa shape index (κ2) is 5.16. The van der Waals surface area contributed by atoms with Gasteiger partial charge in [-0.15, -0.1) is 0 Å². The van der Waals surface area contributed by atoms with Gasteiger partial charge >= 0.3 is 5.97 Å². The lowest BCUT2D eigenvalue weighted by atomic mass is 10.0. The SMILES string of the molecule is CCC(=O)O[C@H](C#N)c1ccccc1C. The number of nitriles is 1. The van der Waals surface area contributed by atoms with E-state index in [1.807, 2.05) is 31.2 Å². The number of esters is 1. The Bertz CT molecular complexity index is 393. The highest BCUT2D eigenvalue weighted by Crippen LogP contribution is 2.20. The molecule has 0 aliphatic carbocycles. The fraction of sp³-hybridized carbons (Fsp3) is 0.333. The van der Waals surface area contributed by atoms with E-state index in [9.17, 15) is 4.79 Å². The van der Waals surface area contributed by atoms with Crippen LogP contribution in [0.1, 0.15) is 30.6 Å². The molecule has 0 bridgehead atoms. The van der Waals surface area contributed by atoms with E-state index in [1.54, 1.807) is 13.0 Å². The monoisotopic (exact) mass is 203 g/mol. The van der Waals surface area contributed by atoms with Gasteiger partial charge in [-0.25, -0.2) is 0 Å². The third kappa shape index (κ3) is 2.81. The van der Waals surface area contributed by atoms with Crippen LogP contribution in [-0.4, -0.2) is 5.97 Å². The summed E-state index contributed by atoms with van der Waals surface area (Å²) in [7, 11) is 0. The minimum atomic E-state index is -0.793. The summed E-state index contributed by atoms with van der Waals surface area (Å²) in [5, 5.41) is 8.92. The number of hydrogen-bond donors (Lipinski definition) is 0. The zero-order valence-corrected chi connectivity index (χ0v) is 8.86. The van der Waals surface area contributed by atoms with Crippen molar-refractivity contribution in [2.24, 2.45) is 0 Å². The number of carbonyl (C=O) groups excluding carboxylic acids is 1. The van der Waals surface area contributed by atoms with E-state index in [0.29, 0.717) is 0 Å². The van der Waals surface area contributed by atoms with Crippen LogP contribution in [0.4, 0.5) is 0 Å². The van der Waals surface area contributed by atoms with Crippen molar-refractivity contribution in [2.45, 2.75) is 26.4 Å². The molecule has 15 heavy (non-hydrogen) atoms. The number of nitrogens with zero attached hydrogens (tertiary/aromatic N) is 1. The van der Waals surface area contributed by atoms with Gasteiger partial charge in [-0.3, -0.25) is 4.79 Å². The molecule has 78 valence electrons. The first-order valence-electron chi connectivity index (χ1n) is 4.83. The normalized spacial score (nSPS) is 11.5. The van der Waals surface area contributed by atoms with Gasteiger partial charge in [-0.05, 0) is 12.5 Å². The molecule has 0 fully saturated rings. The molecule has 3 nitrogen and oxygen atoms in total. The van der Waals surface area contributed by atoms with E-state index in [1.165, 1.54) is 0 Å². The highest BCUT2D eigenvalue weighted by atomic mass is 16.5. The van der Waals surface area contributed by atoms with E-state index in [4.69, 9.17) is 10.00 Å². The van der Waals surface area contributed by atoms with Gasteiger partial charge in [-0.2, -0.15) is 5.26 Å². The summed E-state index contributed by atoms with van der Waals surface area (Å²) in [4.78, 5) is 11.1. The maximum absolute atomic E-state index is 11.1. The molecular formula is C12H13NO2. The molecule has 0 radical (unpaired) electrons. The van der Waals surface area contributed by atoms with Gasteiger partial charge in [-0.1, -0.05) is 31.2 Å². The molecule has 0 saturated carbocycles. The predicted molar refractivity (Wildman–Crippen MR) is 55.9 cm³/mol. The largest absolute Gasteiger partial charge is 0.442 e. The topological polar surface area (TPSA) is 50.1 Å². The summed E-state index contributed by atoms with van der Waals surface area (Å²) < 4.78 is 5.02. The summed E-state index contributed by atoms with van der Waals surface area (Å²) in [6.45, 7) is 3.59. The Labute approximate surface area is 89.3 Å². The lowest BCUT2D eigenvalue weighted by Crippen LogP contribution is -2.09. The number of benzene rings is 1. The lowest BCUT2D eigenvalue weighted by molar-refractivity contribution is -0.146. The summed E-state index contributed by atoms with van der Waals surface area (Å²) in [5.74, 6) is -0.357. The van der Waals surface area contributed by atoms with Crippen molar-refractivity contribution < 1.29 is 9.53 Å². The Morgan fingerprint density at radius 2 is 2.20 bits per heavy atom. The first kappa shape index (κ1) is 11.3. The van der Waals surface area contributed by atoms with E-state index in [0.717, 1.165) is 11.1 Å². The summed E-state index contributed by atoms with van der Waals surface area (Å²) in [5.41, 5.74) is 1.70. The van der Waals surface area contributed by atoms with Gasteiger partial charge in [0.05, 0.1) is 0 Å². The minimum Gasteiger partial charge on any atom is -0.442 e. The number of aryl methyl sites for hydroxylation is 1. The molecule has 0 aromatic heterocycles. The standard InChI is InChI=1S/C12H13NO2/c1-3-12(14)15-11(8-13)10-7-5-4-6-9(10)2/h4-7,11H,3H2,1-2H3/t11-/m1/s1. The zero-order valence-electron chi connectivity index (χ0n) is 8.86. The van der Waals surface area contributed by atoms with Gasteiger partial charge in [0, 0.05) is 12.0 Å².